The summed E-state index contributed by atoms with van der Waals surface area (Å²) in [4.78, 5) is 14.3. The Morgan fingerprint density at radius 2 is 1.95 bits per heavy atom. The van der Waals surface area contributed by atoms with Gasteiger partial charge in [0.05, 0.1) is 5.69 Å². The van der Waals surface area contributed by atoms with Crippen LogP contribution >= 0.6 is 0 Å². The van der Waals surface area contributed by atoms with Crippen LogP contribution in [0.4, 0.5) is 0 Å². The van der Waals surface area contributed by atoms with Gasteiger partial charge >= 0.3 is 0 Å². The first-order valence-electron chi connectivity index (χ1n) is 7.89. The van der Waals surface area contributed by atoms with E-state index in [-0.39, 0.29) is 12.0 Å². The average molecular weight is 291 g/mol. The molecule has 0 aromatic carbocycles. The summed E-state index contributed by atoms with van der Waals surface area (Å²) >= 11 is 0. The second-order valence-electron chi connectivity index (χ2n) is 5.67. The van der Waals surface area contributed by atoms with E-state index < -0.39 is 0 Å². The standard InChI is InChI=1S/C16H25N3O2/c1-4-13(5-2)16(20)19-10-8-14(9-11-19)21-15-7-6-12(3)17-18-15/h6-7,13-14H,4-5,8-11H2,1-3H3. The van der Waals surface area contributed by atoms with Crippen LogP contribution in [0.5, 0.6) is 5.88 Å². The molecule has 1 saturated heterocycles. The number of aryl methyl sites for hydroxylation is 1. The molecule has 5 heteroatoms. The molecule has 0 radical (unpaired) electrons. The summed E-state index contributed by atoms with van der Waals surface area (Å²) in [5, 5.41) is 8.02. The predicted molar refractivity (Wildman–Crippen MR) is 81.1 cm³/mol. The van der Waals surface area contributed by atoms with E-state index in [2.05, 4.69) is 24.0 Å². The summed E-state index contributed by atoms with van der Waals surface area (Å²) in [6.07, 6.45) is 3.70. The van der Waals surface area contributed by atoms with Crippen LogP contribution < -0.4 is 4.74 Å². The number of carbonyl (C=O) groups excluding carboxylic acids is 1. The van der Waals surface area contributed by atoms with Crippen molar-refractivity contribution in [3.05, 3.63) is 17.8 Å². The highest BCUT2D eigenvalue weighted by Gasteiger charge is 2.27. The number of likely N-dealkylation sites (tertiary alicyclic amines) is 1. The first-order chi connectivity index (χ1) is 10.1. The third kappa shape index (κ3) is 4.16. The van der Waals surface area contributed by atoms with Gasteiger partial charge in [0, 0.05) is 37.9 Å². The molecule has 1 aromatic rings. The van der Waals surface area contributed by atoms with E-state index in [0.717, 1.165) is 44.5 Å². The zero-order valence-corrected chi connectivity index (χ0v) is 13.2. The van der Waals surface area contributed by atoms with Crippen molar-refractivity contribution < 1.29 is 9.53 Å². The summed E-state index contributed by atoms with van der Waals surface area (Å²) in [6.45, 7) is 7.62. The van der Waals surface area contributed by atoms with Gasteiger partial charge in [0.1, 0.15) is 6.10 Å². The second kappa shape index (κ2) is 7.38. The molecule has 0 bridgehead atoms. The van der Waals surface area contributed by atoms with Gasteiger partial charge < -0.3 is 9.64 Å². The highest BCUT2D eigenvalue weighted by molar-refractivity contribution is 5.78. The lowest BCUT2D eigenvalue weighted by Crippen LogP contribution is -2.44. The minimum atomic E-state index is 0.132. The Hall–Kier alpha value is -1.65. The number of hydrogen-bond donors (Lipinski definition) is 0. The predicted octanol–water partition coefficient (Wildman–Crippen LogP) is 2.59. The van der Waals surface area contributed by atoms with Crippen LogP contribution in [-0.2, 0) is 4.79 Å². The van der Waals surface area contributed by atoms with Crippen LogP contribution in [0, 0.1) is 12.8 Å². The maximum atomic E-state index is 12.3. The van der Waals surface area contributed by atoms with Crippen molar-refractivity contribution in [2.75, 3.05) is 13.1 Å². The molecule has 5 nitrogen and oxygen atoms in total. The highest BCUT2D eigenvalue weighted by atomic mass is 16.5. The molecule has 116 valence electrons. The summed E-state index contributed by atoms with van der Waals surface area (Å²) in [7, 11) is 0. The molecule has 21 heavy (non-hydrogen) atoms. The smallest absolute Gasteiger partial charge is 0.233 e. The molecule has 1 aliphatic heterocycles. The van der Waals surface area contributed by atoms with Crippen LogP contribution in [0.1, 0.15) is 45.2 Å². The van der Waals surface area contributed by atoms with Gasteiger partial charge in [0.25, 0.3) is 0 Å². The van der Waals surface area contributed by atoms with Crippen molar-refractivity contribution in [2.24, 2.45) is 5.92 Å². The van der Waals surface area contributed by atoms with Crippen molar-refractivity contribution in [3.8, 4) is 5.88 Å². The molecule has 1 fully saturated rings. The second-order valence-corrected chi connectivity index (χ2v) is 5.67. The monoisotopic (exact) mass is 291 g/mol. The minimum absolute atomic E-state index is 0.132. The quantitative estimate of drug-likeness (QED) is 0.836. The molecular formula is C16H25N3O2. The van der Waals surface area contributed by atoms with Gasteiger partial charge in [-0.15, -0.1) is 5.10 Å². The number of piperidine rings is 1. The van der Waals surface area contributed by atoms with E-state index in [1.807, 2.05) is 24.0 Å². The highest BCUT2D eigenvalue weighted by Crippen LogP contribution is 2.20. The molecule has 0 atom stereocenters. The summed E-state index contributed by atoms with van der Waals surface area (Å²) in [5.41, 5.74) is 0.882. The number of amides is 1. The molecule has 1 aliphatic rings. The summed E-state index contributed by atoms with van der Waals surface area (Å²) in [5.74, 6) is 1.05. The Labute approximate surface area is 126 Å². The molecule has 2 rings (SSSR count). The third-order valence-electron chi connectivity index (χ3n) is 4.15. The van der Waals surface area contributed by atoms with Gasteiger partial charge in [-0.1, -0.05) is 13.8 Å². The van der Waals surface area contributed by atoms with Gasteiger partial charge in [-0.3, -0.25) is 4.79 Å². The number of ether oxygens (including phenoxy) is 1. The van der Waals surface area contributed by atoms with Gasteiger partial charge in [-0.2, -0.15) is 5.10 Å². The fourth-order valence-electron chi connectivity index (χ4n) is 2.71. The molecular weight excluding hydrogens is 266 g/mol. The summed E-state index contributed by atoms with van der Waals surface area (Å²) in [6, 6.07) is 3.75. The molecule has 0 unspecified atom stereocenters. The number of aromatic nitrogens is 2. The minimum Gasteiger partial charge on any atom is -0.473 e. The first-order valence-corrected chi connectivity index (χ1v) is 7.89. The number of hydrogen-bond acceptors (Lipinski definition) is 4. The average Bonchev–Trinajstić information content (AvgIpc) is 2.51. The molecule has 0 spiro atoms. The first kappa shape index (κ1) is 15.7. The van der Waals surface area contributed by atoms with Gasteiger partial charge in [-0.05, 0) is 25.8 Å². The largest absolute Gasteiger partial charge is 0.473 e. The van der Waals surface area contributed by atoms with Gasteiger partial charge in [0.2, 0.25) is 11.8 Å². The van der Waals surface area contributed by atoms with E-state index >= 15 is 0 Å². The molecule has 0 saturated carbocycles. The van der Waals surface area contributed by atoms with Crippen molar-refractivity contribution in [3.63, 3.8) is 0 Å². The number of nitrogens with zero attached hydrogens (tertiary/aromatic N) is 3. The Morgan fingerprint density at radius 3 is 2.48 bits per heavy atom. The van der Waals surface area contributed by atoms with Crippen LogP contribution in [-0.4, -0.2) is 40.2 Å². The zero-order valence-electron chi connectivity index (χ0n) is 13.2. The lowest BCUT2D eigenvalue weighted by molar-refractivity contribution is -0.137. The lowest BCUT2D eigenvalue weighted by Gasteiger charge is -2.33. The molecule has 0 aliphatic carbocycles. The van der Waals surface area contributed by atoms with Crippen molar-refractivity contribution in [2.45, 2.75) is 52.6 Å². The van der Waals surface area contributed by atoms with Gasteiger partial charge in [-0.25, -0.2) is 0 Å². The molecule has 1 amide bonds. The Bertz CT molecular complexity index is 449. The topological polar surface area (TPSA) is 55.3 Å². The normalized spacial score (nSPS) is 16.3. The van der Waals surface area contributed by atoms with Crippen LogP contribution in [0.15, 0.2) is 12.1 Å². The van der Waals surface area contributed by atoms with Crippen LogP contribution in [0.3, 0.4) is 0 Å². The van der Waals surface area contributed by atoms with Crippen LogP contribution in [0.2, 0.25) is 0 Å². The Balaban J connectivity index is 1.83. The Kier molecular flexibility index (Phi) is 5.53. The van der Waals surface area contributed by atoms with Crippen molar-refractivity contribution >= 4 is 5.91 Å². The van der Waals surface area contributed by atoms with Crippen LogP contribution in [0.25, 0.3) is 0 Å². The number of carbonyl (C=O) groups is 1. The van der Waals surface area contributed by atoms with E-state index in [1.54, 1.807) is 0 Å². The maximum Gasteiger partial charge on any atom is 0.233 e. The Morgan fingerprint density at radius 1 is 1.29 bits per heavy atom. The lowest BCUT2D eigenvalue weighted by atomic mass is 9.99. The number of rotatable bonds is 5. The maximum absolute atomic E-state index is 12.3. The van der Waals surface area contributed by atoms with Gasteiger partial charge in [0.15, 0.2) is 0 Å². The fourth-order valence-corrected chi connectivity index (χ4v) is 2.71. The molecule has 1 aromatic heterocycles. The van der Waals surface area contributed by atoms with Crippen molar-refractivity contribution in [1.29, 1.82) is 0 Å². The van der Waals surface area contributed by atoms with E-state index in [4.69, 9.17) is 4.74 Å². The van der Waals surface area contributed by atoms with E-state index in [9.17, 15) is 4.79 Å². The third-order valence-corrected chi connectivity index (χ3v) is 4.15. The fraction of sp³-hybridized carbons (Fsp3) is 0.688. The van der Waals surface area contributed by atoms with E-state index in [1.165, 1.54) is 0 Å². The van der Waals surface area contributed by atoms with Crippen molar-refractivity contribution in [1.82, 2.24) is 15.1 Å². The molecule has 0 N–H and O–H groups in total. The summed E-state index contributed by atoms with van der Waals surface area (Å²) < 4.78 is 5.84. The molecule has 2 heterocycles. The SMILES string of the molecule is CCC(CC)C(=O)N1CCC(Oc2ccc(C)nn2)CC1. The van der Waals surface area contributed by atoms with E-state index in [0.29, 0.717) is 11.8 Å². The zero-order chi connectivity index (χ0) is 15.2.